The number of nitrogens with zero attached hydrogens (tertiary/aromatic N) is 2. The molecule has 0 bridgehead atoms. The molecule has 0 aliphatic heterocycles. The Bertz CT molecular complexity index is 613. The second-order valence-corrected chi connectivity index (χ2v) is 10.8. The predicted octanol–water partition coefficient (Wildman–Crippen LogP) is 4.12. The second-order valence-electron chi connectivity index (χ2n) is 10.8. The first kappa shape index (κ1) is 20.7. The SMILES string of the molecule is CC(C)(C)c1c(C(C)(C)C)c(=O)n(C(C)(C)C)n(C(C)(C)C)c1=O. The van der Waals surface area contributed by atoms with Crippen molar-refractivity contribution < 1.29 is 0 Å². The molecule has 0 saturated heterocycles. The van der Waals surface area contributed by atoms with Crippen LogP contribution in [0.3, 0.4) is 0 Å². The summed E-state index contributed by atoms with van der Waals surface area (Å²) in [5, 5.41) is 0. The summed E-state index contributed by atoms with van der Waals surface area (Å²) in [6.07, 6.45) is 0. The van der Waals surface area contributed by atoms with E-state index in [0.29, 0.717) is 11.1 Å². The van der Waals surface area contributed by atoms with E-state index in [9.17, 15) is 9.59 Å². The van der Waals surface area contributed by atoms with Crippen molar-refractivity contribution in [2.24, 2.45) is 0 Å². The first-order chi connectivity index (χ1) is 10.3. The molecule has 24 heavy (non-hydrogen) atoms. The number of hydrogen-bond acceptors (Lipinski definition) is 2. The molecule has 138 valence electrons. The van der Waals surface area contributed by atoms with Gasteiger partial charge in [-0.2, -0.15) is 0 Å². The van der Waals surface area contributed by atoms with Gasteiger partial charge >= 0.3 is 0 Å². The summed E-state index contributed by atoms with van der Waals surface area (Å²) in [5.41, 5.74) is -0.624. The van der Waals surface area contributed by atoms with Gasteiger partial charge in [-0.15, -0.1) is 0 Å². The molecule has 4 nitrogen and oxygen atoms in total. The minimum Gasteiger partial charge on any atom is -0.268 e. The Hall–Kier alpha value is -1.32. The van der Waals surface area contributed by atoms with E-state index in [-0.39, 0.29) is 11.1 Å². The van der Waals surface area contributed by atoms with Crippen molar-refractivity contribution in [3.8, 4) is 0 Å². The summed E-state index contributed by atoms with van der Waals surface area (Å²) in [6, 6.07) is 0. The van der Waals surface area contributed by atoms with Gasteiger partial charge in [0.1, 0.15) is 0 Å². The van der Waals surface area contributed by atoms with Crippen molar-refractivity contribution in [1.29, 1.82) is 0 Å². The van der Waals surface area contributed by atoms with Crippen LogP contribution in [0.5, 0.6) is 0 Å². The van der Waals surface area contributed by atoms with E-state index >= 15 is 0 Å². The van der Waals surface area contributed by atoms with E-state index < -0.39 is 21.9 Å². The van der Waals surface area contributed by atoms with Gasteiger partial charge in [-0.3, -0.25) is 9.59 Å². The molecular formula is C20H36N2O2. The Morgan fingerprint density at radius 2 is 0.708 bits per heavy atom. The van der Waals surface area contributed by atoms with Crippen LogP contribution in [0, 0.1) is 0 Å². The molecule has 0 aliphatic rings. The fourth-order valence-electron chi connectivity index (χ4n) is 3.21. The molecule has 1 rings (SSSR count). The van der Waals surface area contributed by atoms with Crippen LogP contribution in [0.15, 0.2) is 9.59 Å². The van der Waals surface area contributed by atoms with Crippen LogP contribution in [-0.2, 0) is 21.9 Å². The summed E-state index contributed by atoms with van der Waals surface area (Å²) >= 11 is 0. The van der Waals surface area contributed by atoms with Crippen molar-refractivity contribution in [1.82, 2.24) is 9.36 Å². The Labute approximate surface area is 146 Å². The maximum atomic E-state index is 13.6. The van der Waals surface area contributed by atoms with Crippen LogP contribution in [-0.4, -0.2) is 9.36 Å². The molecule has 0 N–H and O–H groups in total. The molecule has 0 spiro atoms. The van der Waals surface area contributed by atoms with E-state index in [4.69, 9.17) is 0 Å². The number of aromatic nitrogens is 2. The molecule has 0 unspecified atom stereocenters. The first-order valence-corrected chi connectivity index (χ1v) is 8.75. The topological polar surface area (TPSA) is 44.0 Å². The van der Waals surface area contributed by atoms with Gasteiger partial charge in [-0.25, -0.2) is 9.36 Å². The van der Waals surface area contributed by atoms with Crippen LogP contribution in [0.4, 0.5) is 0 Å². The molecular weight excluding hydrogens is 300 g/mol. The Balaban J connectivity index is 4.38. The monoisotopic (exact) mass is 336 g/mol. The lowest BCUT2D eigenvalue weighted by atomic mass is 9.76. The normalized spacial score (nSPS) is 14.2. The summed E-state index contributed by atoms with van der Waals surface area (Å²) in [6.45, 7) is 23.9. The average molecular weight is 337 g/mol. The minimum absolute atomic E-state index is 0.0607. The highest BCUT2D eigenvalue weighted by Crippen LogP contribution is 2.31. The van der Waals surface area contributed by atoms with Gasteiger partial charge < -0.3 is 0 Å². The lowest BCUT2D eigenvalue weighted by Crippen LogP contribution is -2.56. The largest absolute Gasteiger partial charge is 0.269 e. The van der Waals surface area contributed by atoms with Gasteiger partial charge in [0, 0.05) is 11.1 Å². The molecule has 0 amide bonds. The van der Waals surface area contributed by atoms with Crippen molar-refractivity contribution >= 4 is 0 Å². The molecule has 1 aromatic rings. The zero-order valence-corrected chi connectivity index (χ0v) is 17.7. The van der Waals surface area contributed by atoms with Crippen molar-refractivity contribution in [3.05, 3.63) is 31.8 Å². The standard InChI is InChI=1S/C20H36N2O2/c1-17(2,3)13-14(18(4,5)6)16(24)22(20(10,11)12)21(15(13)23)19(7,8)9/h1-12H3. The molecule has 0 aromatic carbocycles. The summed E-state index contributed by atoms with van der Waals surface area (Å²) in [7, 11) is 0. The highest BCUT2D eigenvalue weighted by Gasteiger charge is 2.37. The predicted molar refractivity (Wildman–Crippen MR) is 102 cm³/mol. The van der Waals surface area contributed by atoms with Crippen molar-refractivity contribution in [2.45, 2.75) is 105 Å². The van der Waals surface area contributed by atoms with Crippen LogP contribution in [0.2, 0.25) is 0 Å². The molecule has 0 aliphatic carbocycles. The summed E-state index contributed by atoms with van der Waals surface area (Å²) in [5.74, 6) is 0. The smallest absolute Gasteiger partial charge is 0.268 e. The second kappa shape index (κ2) is 5.60. The number of rotatable bonds is 0. The quantitative estimate of drug-likeness (QED) is 0.715. The van der Waals surface area contributed by atoms with Gasteiger partial charge in [-0.1, -0.05) is 41.5 Å². The Morgan fingerprint density at radius 1 is 0.500 bits per heavy atom. The molecule has 0 atom stereocenters. The van der Waals surface area contributed by atoms with Gasteiger partial charge in [-0.05, 0) is 52.4 Å². The van der Waals surface area contributed by atoms with Crippen LogP contribution in [0.25, 0.3) is 0 Å². The zero-order chi connectivity index (χ0) is 19.5. The third-order valence-electron chi connectivity index (χ3n) is 4.03. The van der Waals surface area contributed by atoms with Crippen LogP contribution in [0.1, 0.15) is 94.2 Å². The maximum absolute atomic E-state index is 13.6. The molecule has 1 heterocycles. The summed E-state index contributed by atoms with van der Waals surface area (Å²) < 4.78 is 3.32. The number of hydrogen-bond donors (Lipinski definition) is 0. The lowest BCUT2D eigenvalue weighted by molar-refractivity contribution is 0.189. The van der Waals surface area contributed by atoms with E-state index in [1.165, 1.54) is 0 Å². The van der Waals surface area contributed by atoms with E-state index in [1.54, 1.807) is 9.36 Å². The highest BCUT2D eigenvalue weighted by molar-refractivity contribution is 5.34. The molecule has 0 fully saturated rings. The average Bonchev–Trinajstić information content (AvgIpc) is 2.24. The Kier molecular flexibility index (Phi) is 4.84. The zero-order valence-electron chi connectivity index (χ0n) is 17.7. The third kappa shape index (κ3) is 3.68. The van der Waals surface area contributed by atoms with Gasteiger partial charge in [0.2, 0.25) is 0 Å². The molecule has 0 saturated carbocycles. The minimum atomic E-state index is -0.486. The van der Waals surface area contributed by atoms with Crippen LogP contribution < -0.4 is 11.1 Å². The first-order valence-electron chi connectivity index (χ1n) is 8.75. The van der Waals surface area contributed by atoms with Gasteiger partial charge in [0.15, 0.2) is 0 Å². The van der Waals surface area contributed by atoms with Gasteiger partial charge in [0.05, 0.1) is 11.1 Å². The third-order valence-corrected chi connectivity index (χ3v) is 4.03. The van der Waals surface area contributed by atoms with E-state index in [2.05, 4.69) is 0 Å². The van der Waals surface area contributed by atoms with Gasteiger partial charge in [0.25, 0.3) is 11.1 Å². The maximum Gasteiger partial charge on any atom is 0.269 e. The van der Waals surface area contributed by atoms with E-state index in [1.807, 2.05) is 83.1 Å². The van der Waals surface area contributed by atoms with Crippen molar-refractivity contribution in [2.75, 3.05) is 0 Å². The van der Waals surface area contributed by atoms with Crippen molar-refractivity contribution in [3.63, 3.8) is 0 Å². The molecule has 4 heteroatoms. The lowest BCUT2D eigenvalue weighted by Gasteiger charge is -2.38. The summed E-state index contributed by atoms with van der Waals surface area (Å²) in [4.78, 5) is 27.1. The Morgan fingerprint density at radius 3 is 0.833 bits per heavy atom. The fourth-order valence-corrected chi connectivity index (χ4v) is 3.21. The molecule has 1 aromatic heterocycles. The van der Waals surface area contributed by atoms with Crippen LogP contribution >= 0.6 is 0 Å². The fraction of sp³-hybridized carbons (Fsp3) is 0.800. The van der Waals surface area contributed by atoms with E-state index in [0.717, 1.165) is 0 Å². The highest BCUT2D eigenvalue weighted by atomic mass is 16.2. The molecule has 0 radical (unpaired) electrons.